The molecule has 0 saturated heterocycles. The van der Waals surface area contributed by atoms with Crippen LogP contribution in [0.2, 0.25) is 0 Å². The van der Waals surface area contributed by atoms with E-state index in [1.54, 1.807) is 53.7 Å². The topological polar surface area (TPSA) is 138 Å². The van der Waals surface area contributed by atoms with Crippen LogP contribution in [0.15, 0.2) is 58.4 Å². The number of nitrogens with zero attached hydrogens (tertiary/aromatic N) is 2. The van der Waals surface area contributed by atoms with Gasteiger partial charge in [-0.1, -0.05) is 42.0 Å². The smallest absolute Gasteiger partial charge is 0.437 e. The molecule has 0 bridgehead atoms. The van der Waals surface area contributed by atoms with Gasteiger partial charge in [-0.05, 0) is 91.0 Å². The first kappa shape index (κ1) is 32.8. The van der Waals surface area contributed by atoms with Crippen molar-refractivity contribution < 1.29 is 31.7 Å². The highest BCUT2D eigenvalue weighted by molar-refractivity contribution is 7.86. The van der Waals surface area contributed by atoms with Gasteiger partial charge < -0.3 is 15.2 Å². The lowest BCUT2D eigenvalue weighted by Gasteiger charge is -2.27. The molecule has 220 valence electrons. The number of carbonyl (C=O) groups is 2. The van der Waals surface area contributed by atoms with Crippen LogP contribution in [0.25, 0.3) is 0 Å². The van der Waals surface area contributed by atoms with Crippen molar-refractivity contribution in [3.63, 3.8) is 0 Å². The number of ether oxygens (including phenoxy) is 2. The summed E-state index contributed by atoms with van der Waals surface area (Å²) in [5, 5.41) is 0. The van der Waals surface area contributed by atoms with Crippen molar-refractivity contribution >= 4 is 28.3 Å². The number of hydrogen-bond donors (Lipinski definition) is 1. The Kier molecular flexibility index (Phi) is 11.3. The molecular formula is C29H41N3O7S. The maximum Gasteiger partial charge on any atom is 0.437 e. The van der Waals surface area contributed by atoms with Gasteiger partial charge in [-0.15, -0.1) is 4.99 Å². The Labute approximate surface area is 237 Å². The molecule has 2 N–H and O–H groups in total. The fourth-order valence-corrected chi connectivity index (χ4v) is 4.33. The zero-order valence-corrected chi connectivity index (χ0v) is 25.2. The monoisotopic (exact) mass is 575 g/mol. The number of rotatable bonds is 9. The Balaban J connectivity index is 1.96. The van der Waals surface area contributed by atoms with Gasteiger partial charge >= 0.3 is 12.2 Å². The summed E-state index contributed by atoms with van der Waals surface area (Å²) in [5.74, 6) is -0.319. The molecule has 2 aromatic carbocycles. The van der Waals surface area contributed by atoms with Crippen molar-refractivity contribution in [2.45, 2.75) is 83.8 Å². The van der Waals surface area contributed by atoms with E-state index in [2.05, 4.69) is 4.99 Å². The second-order valence-electron chi connectivity index (χ2n) is 11.3. The molecule has 0 unspecified atom stereocenters. The number of carbonyl (C=O) groups excluding carboxylic acids is 2. The lowest BCUT2D eigenvalue weighted by atomic mass is 10.1. The first-order chi connectivity index (χ1) is 18.4. The Morgan fingerprint density at radius 2 is 1.38 bits per heavy atom. The van der Waals surface area contributed by atoms with Crippen molar-refractivity contribution in [3.8, 4) is 0 Å². The van der Waals surface area contributed by atoms with Crippen LogP contribution in [0.1, 0.15) is 64.7 Å². The van der Waals surface area contributed by atoms with E-state index in [9.17, 15) is 18.0 Å². The summed E-state index contributed by atoms with van der Waals surface area (Å²) >= 11 is 0. The van der Waals surface area contributed by atoms with Gasteiger partial charge in [0.25, 0.3) is 10.1 Å². The minimum Gasteiger partial charge on any atom is -0.443 e. The lowest BCUT2D eigenvalue weighted by Crippen LogP contribution is -2.46. The maximum absolute atomic E-state index is 12.8. The van der Waals surface area contributed by atoms with E-state index in [0.29, 0.717) is 19.3 Å². The number of aryl methyl sites for hydroxylation is 2. The normalized spacial score (nSPS) is 12.6. The van der Waals surface area contributed by atoms with Gasteiger partial charge in [-0.2, -0.15) is 8.42 Å². The molecule has 0 aromatic heterocycles. The Hall–Kier alpha value is -3.44. The molecule has 0 atom stereocenters. The van der Waals surface area contributed by atoms with E-state index < -0.39 is 33.5 Å². The Bertz CT molecular complexity index is 1270. The summed E-state index contributed by atoms with van der Waals surface area (Å²) in [6, 6.07) is 14.2. The van der Waals surface area contributed by atoms with Crippen LogP contribution in [0, 0.1) is 6.92 Å². The number of hydrogen-bond acceptors (Lipinski definition) is 7. The number of guanidine groups is 1. The summed E-state index contributed by atoms with van der Waals surface area (Å²) in [6.45, 7) is 12.4. The molecule has 2 rings (SSSR count). The van der Waals surface area contributed by atoms with Gasteiger partial charge in [0.2, 0.25) is 5.96 Å². The first-order valence-corrected chi connectivity index (χ1v) is 14.5. The number of benzene rings is 2. The fourth-order valence-electron chi connectivity index (χ4n) is 3.39. The van der Waals surface area contributed by atoms with Gasteiger partial charge in [0.1, 0.15) is 11.2 Å². The second kappa shape index (κ2) is 13.8. The SMILES string of the molecule is Cc1ccc(S(=O)(=O)OCCCc2ccc(CCN(C(=O)OC(C)(C)C)C(N)=NC(=O)OC(C)(C)C)cc2)cc1. The molecule has 0 aliphatic carbocycles. The van der Waals surface area contributed by atoms with Crippen molar-refractivity contribution in [1.29, 1.82) is 0 Å². The molecule has 2 amide bonds. The van der Waals surface area contributed by atoms with Crippen molar-refractivity contribution in [2.75, 3.05) is 13.2 Å². The van der Waals surface area contributed by atoms with Gasteiger partial charge in [-0.3, -0.25) is 4.18 Å². The quantitative estimate of drug-likeness (QED) is 0.182. The third-order valence-electron chi connectivity index (χ3n) is 5.29. The molecule has 40 heavy (non-hydrogen) atoms. The minimum atomic E-state index is -3.79. The van der Waals surface area contributed by atoms with Crippen molar-refractivity contribution in [3.05, 3.63) is 65.2 Å². The molecule has 0 radical (unpaired) electrons. The lowest BCUT2D eigenvalue weighted by molar-refractivity contribution is 0.0368. The predicted octanol–water partition coefficient (Wildman–Crippen LogP) is 5.36. The standard InChI is InChI=1S/C29H41N3O7S/c1-21-10-16-24(17-11-21)40(35,36)37-20-8-9-22-12-14-23(15-13-22)18-19-32(27(34)39-29(5,6)7)25(30)31-26(33)38-28(2,3)4/h10-17H,8-9,18-20H2,1-7H3,(H2,30,31,33). The van der Waals surface area contributed by atoms with Crippen LogP contribution in [-0.4, -0.2) is 55.8 Å². The summed E-state index contributed by atoms with van der Waals surface area (Å²) in [5.41, 5.74) is 7.37. The van der Waals surface area contributed by atoms with E-state index in [-0.39, 0.29) is 24.0 Å². The van der Waals surface area contributed by atoms with E-state index >= 15 is 0 Å². The van der Waals surface area contributed by atoms with E-state index in [4.69, 9.17) is 19.4 Å². The number of aliphatic imine (C=N–C) groups is 1. The summed E-state index contributed by atoms with van der Waals surface area (Å²) in [6.07, 6.45) is -0.0623. The molecule has 0 saturated carbocycles. The Morgan fingerprint density at radius 3 is 1.90 bits per heavy atom. The third kappa shape index (κ3) is 11.7. The van der Waals surface area contributed by atoms with Crippen LogP contribution in [0.3, 0.4) is 0 Å². The van der Waals surface area contributed by atoms with E-state index in [1.807, 2.05) is 31.2 Å². The first-order valence-electron chi connectivity index (χ1n) is 13.1. The van der Waals surface area contributed by atoms with Crippen LogP contribution < -0.4 is 5.73 Å². The highest BCUT2D eigenvalue weighted by atomic mass is 32.2. The largest absolute Gasteiger partial charge is 0.443 e. The van der Waals surface area contributed by atoms with Gasteiger partial charge in [-0.25, -0.2) is 14.5 Å². The third-order valence-corrected chi connectivity index (χ3v) is 6.62. The average Bonchev–Trinajstić information content (AvgIpc) is 2.80. The molecule has 2 aromatic rings. The summed E-state index contributed by atoms with van der Waals surface area (Å²) < 4.78 is 40.4. The molecular weight excluding hydrogens is 534 g/mol. The highest BCUT2D eigenvalue weighted by Crippen LogP contribution is 2.16. The molecule has 10 nitrogen and oxygen atoms in total. The van der Waals surface area contributed by atoms with Crippen LogP contribution >= 0.6 is 0 Å². The number of amides is 2. The molecule has 0 heterocycles. The van der Waals surface area contributed by atoms with Crippen LogP contribution in [0.4, 0.5) is 9.59 Å². The number of nitrogens with two attached hydrogens (primary N) is 1. The zero-order chi connectivity index (χ0) is 30.1. The molecule has 0 aliphatic rings. The van der Waals surface area contributed by atoms with E-state index in [0.717, 1.165) is 21.6 Å². The molecule has 11 heteroatoms. The average molecular weight is 576 g/mol. The minimum absolute atomic E-state index is 0.0685. The molecule has 0 fully saturated rings. The summed E-state index contributed by atoms with van der Waals surface area (Å²) in [4.78, 5) is 29.9. The predicted molar refractivity (Wildman–Crippen MR) is 154 cm³/mol. The van der Waals surface area contributed by atoms with Crippen LogP contribution in [0.5, 0.6) is 0 Å². The van der Waals surface area contributed by atoms with Gasteiger partial charge in [0, 0.05) is 6.54 Å². The second-order valence-corrected chi connectivity index (χ2v) is 13.0. The van der Waals surface area contributed by atoms with Gasteiger partial charge in [0.05, 0.1) is 11.5 Å². The van der Waals surface area contributed by atoms with Crippen LogP contribution in [-0.2, 0) is 36.6 Å². The molecule has 0 aliphatic heterocycles. The highest BCUT2D eigenvalue weighted by Gasteiger charge is 2.26. The zero-order valence-electron chi connectivity index (χ0n) is 24.4. The summed E-state index contributed by atoms with van der Waals surface area (Å²) in [7, 11) is -3.79. The van der Waals surface area contributed by atoms with Gasteiger partial charge in [0.15, 0.2) is 0 Å². The maximum atomic E-state index is 12.8. The Morgan fingerprint density at radius 1 is 0.850 bits per heavy atom. The van der Waals surface area contributed by atoms with Crippen molar-refractivity contribution in [2.24, 2.45) is 10.7 Å². The van der Waals surface area contributed by atoms with Crippen molar-refractivity contribution in [1.82, 2.24) is 4.90 Å². The molecule has 0 spiro atoms. The van der Waals surface area contributed by atoms with E-state index in [1.165, 1.54) is 12.1 Å². The fraction of sp³-hybridized carbons (Fsp3) is 0.483.